The van der Waals surface area contributed by atoms with Gasteiger partial charge in [0.05, 0.1) is 23.3 Å². The fourth-order valence-corrected chi connectivity index (χ4v) is 4.68. The van der Waals surface area contributed by atoms with E-state index in [2.05, 4.69) is 55.4 Å². The summed E-state index contributed by atoms with van der Waals surface area (Å²) in [6.45, 7) is 2.76. The number of aromatic amines is 2. The van der Waals surface area contributed by atoms with Crippen LogP contribution in [0.15, 0.2) is 79.1 Å². The molecule has 2 N–H and O–H groups in total. The summed E-state index contributed by atoms with van der Waals surface area (Å²) in [5, 5.41) is 9.01. The SMILES string of the molecule is c1ccc(COc2cncc(-c3cc(-c4cc5c(N6CCCCC6)cccc5[nH]4)[nH]n3)c2)cc1. The Hall–Kier alpha value is -4.06. The van der Waals surface area contributed by atoms with Crippen molar-refractivity contribution in [2.45, 2.75) is 25.9 Å². The van der Waals surface area contributed by atoms with Crippen LogP contribution in [0.1, 0.15) is 24.8 Å². The Morgan fingerprint density at radius 1 is 0.853 bits per heavy atom. The lowest BCUT2D eigenvalue weighted by Gasteiger charge is -2.29. The molecule has 34 heavy (non-hydrogen) atoms. The molecule has 6 nitrogen and oxygen atoms in total. The van der Waals surface area contributed by atoms with E-state index < -0.39 is 0 Å². The number of aromatic nitrogens is 4. The highest BCUT2D eigenvalue weighted by Gasteiger charge is 2.16. The van der Waals surface area contributed by atoms with E-state index in [1.165, 1.54) is 30.3 Å². The number of pyridine rings is 1. The minimum absolute atomic E-state index is 0.506. The van der Waals surface area contributed by atoms with Gasteiger partial charge < -0.3 is 14.6 Å². The Labute approximate surface area is 198 Å². The number of nitrogens with zero attached hydrogens (tertiary/aromatic N) is 3. The first-order chi connectivity index (χ1) is 16.8. The largest absolute Gasteiger partial charge is 0.487 e. The van der Waals surface area contributed by atoms with Gasteiger partial charge in [0, 0.05) is 41.4 Å². The van der Waals surface area contributed by atoms with Crippen molar-refractivity contribution in [1.82, 2.24) is 20.2 Å². The summed E-state index contributed by atoms with van der Waals surface area (Å²) in [7, 11) is 0. The zero-order chi connectivity index (χ0) is 22.7. The zero-order valence-corrected chi connectivity index (χ0v) is 19.0. The minimum Gasteiger partial charge on any atom is -0.487 e. The third-order valence-corrected chi connectivity index (χ3v) is 6.46. The Morgan fingerprint density at radius 3 is 2.62 bits per heavy atom. The summed E-state index contributed by atoms with van der Waals surface area (Å²) in [6, 6.07) is 22.9. The third-order valence-electron chi connectivity index (χ3n) is 6.46. The number of fused-ring (bicyclic) bond motifs is 1. The van der Waals surface area contributed by atoms with Gasteiger partial charge in [0.15, 0.2) is 0 Å². The van der Waals surface area contributed by atoms with Gasteiger partial charge in [-0.25, -0.2) is 0 Å². The molecule has 5 aromatic rings. The van der Waals surface area contributed by atoms with E-state index in [1.807, 2.05) is 42.6 Å². The van der Waals surface area contributed by atoms with Crippen molar-refractivity contribution in [3.63, 3.8) is 0 Å². The van der Waals surface area contributed by atoms with Crippen molar-refractivity contribution >= 4 is 16.6 Å². The molecular weight excluding hydrogens is 422 g/mol. The maximum atomic E-state index is 5.95. The summed E-state index contributed by atoms with van der Waals surface area (Å²) < 4.78 is 5.95. The van der Waals surface area contributed by atoms with Gasteiger partial charge in [-0.3, -0.25) is 10.1 Å². The first-order valence-electron chi connectivity index (χ1n) is 11.9. The van der Waals surface area contributed by atoms with Crippen LogP contribution in [0.25, 0.3) is 33.5 Å². The number of rotatable bonds is 6. The zero-order valence-electron chi connectivity index (χ0n) is 19.0. The fraction of sp³-hybridized carbons (Fsp3) is 0.214. The van der Waals surface area contributed by atoms with E-state index >= 15 is 0 Å². The van der Waals surface area contributed by atoms with Crippen LogP contribution in [0.4, 0.5) is 5.69 Å². The highest BCUT2D eigenvalue weighted by atomic mass is 16.5. The van der Waals surface area contributed by atoms with E-state index in [4.69, 9.17) is 4.74 Å². The Balaban J connectivity index is 1.24. The number of ether oxygens (including phenoxy) is 1. The number of H-pyrrole nitrogens is 2. The lowest BCUT2D eigenvalue weighted by molar-refractivity contribution is 0.305. The maximum absolute atomic E-state index is 5.95. The number of hydrogen-bond donors (Lipinski definition) is 2. The molecule has 4 heterocycles. The number of benzene rings is 2. The van der Waals surface area contributed by atoms with Crippen LogP contribution in [-0.2, 0) is 6.61 Å². The van der Waals surface area contributed by atoms with Crippen molar-refractivity contribution in [3.05, 3.63) is 84.7 Å². The van der Waals surface area contributed by atoms with Crippen LogP contribution in [-0.4, -0.2) is 33.3 Å². The molecule has 0 saturated carbocycles. The number of hydrogen-bond acceptors (Lipinski definition) is 4. The number of anilines is 1. The van der Waals surface area contributed by atoms with Crippen LogP contribution in [0.2, 0.25) is 0 Å². The molecule has 0 unspecified atom stereocenters. The van der Waals surface area contributed by atoms with E-state index in [-0.39, 0.29) is 0 Å². The normalized spacial score (nSPS) is 13.9. The van der Waals surface area contributed by atoms with E-state index in [1.54, 1.807) is 6.20 Å². The first-order valence-corrected chi connectivity index (χ1v) is 11.9. The summed E-state index contributed by atoms with van der Waals surface area (Å²) in [4.78, 5) is 10.4. The van der Waals surface area contributed by atoms with Gasteiger partial charge in [0.25, 0.3) is 0 Å². The fourth-order valence-electron chi connectivity index (χ4n) is 4.68. The Bertz CT molecular complexity index is 1400. The highest BCUT2D eigenvalue weighted by molar-refractivity contribution is 5.96. The maximum Gasteiger partial charge on any atom is 0.138 e. The molecule has 170 valence electrons. The van der Waals surface area contributed by atoms with E-state index in [9.17, 15) is 0 Å². The number of piperidine rings is 1. The molecule has 0 radical (unpaired) electrons. The van der Waals surface area contributed by atoms with Gasteiger partial charge in [0.2, 0.25) is 0 Å². The Kier molecular flexibility index (Phi) is 5.47. The molecule has 0 aliphatic carbocycles. The predicted octanol–water partition coefficient (Wildman–Crippen LogP) is 6.19. The molecular formula is C28H27N5O. The van der Waals surface area contributed by atoms with Crippen LogP contribution in [0, 0.1) is 0 Å². The van der Waals surface area contributed by atoms with Crippen molar-refractivity contribution in [2.75, 3.05) is 18.0 Å². The molecule has 3 aromatic heterocycles. The Morgan fingerprint density at radius 2 is 1.74 bits per heavy atom. The average Bonchev–Trinajstić information content (AvgIpc) is 3.56. The summed E-state index contributed by atoms with van der Waals surface area (Å²) in [5.41, 5.74) is 7.31. The van der Waals surface area contributed by atoms with E-state index in [0.29, 0.717) is 6.61 Å². The molecule has 0 spiro atoms. The third kappa shape index (κ3) is 4.15. The minimum atomic E-state index is 0.506. The topological polar surface area (TPSA) is 69.8 Å². The predicted molar refractivity (Wildman–Crippen MR) is 136 cm³/mol. The lowest BCUT2D eigenvalue weighted by atomic mass is 10.1. The second kappa shape index (κ2) is 9.06. The van der Waals surface area contributed by atoms with Crippen molar-refractivity contribution in [2.24, 2.45) is 0 Å². The van der Waals surface area contributed by atoms with Crippen LogP contribution >= 0.6 is 0 Å². The molecule has 6 rings (SSSR count). The quantitative estimate of drug-likeness (QED) is 0.324. The van der Waals surface area contributed by atoms with Gasteiger partial charge in [-0.15, -0.1) is 0 Å². The molecule has 0 amide bonds. The molecule has 6 heteroatoms. The summed E-state index contributed by atoms with van der Waals surface area (Å²) in [5.74, 6) is 0.725. The first kappa shape index (κ1) is 20.5. The summed E-state index contributed by atoms with van der Waals surface area (Å²) in [6.07, 6.45) is 7.41. The highest BCUT2D eigenvalue weighted by Crippen LogP contribution is 2.33. The monoisotopic (exact) mass is 449 g/mol. The van der Waals surface area contributed by atoms with Crippen molar-refractivity contribution in [1.29, 1.82) is 0 Å². The molecule has 2 aromatic carbocycles. The molecule has 1 fully saturated rings. The lowest BCUT2D eigenvalue weighted by Crippen LogP contribution is -2.29. The molecule has 0 bridgehead atoms. The number of nitrogens with one attached hydrogen (secondary N) is 2. The smallest absolute Gasteiger partial charge is 0.138 e. The second-order valence-electron chi connectivity index (χ2n) is 8.82. The van der Waals surface area contributed by atoms with Crippen LogP contribution in [0.5, 0.6) is 5.75 Å². The standard InChI is InChI=1S/C28H27N5O/c1-3-8-20(9-4-1)19-34-22-14-21(17-29-18-22)25-16-27(32-31-25)26-15-23-24(30-26)10-7-11-28(23)33-12-5-2-6-13-33/h1,3-4,7-11,14-18,30H,2,5-6,12-13,19H2,(H,31,32). The molecule has 0 atom stereocenters. The second-order valence-corrected chi connectivity index (χ2v) is 8.82. The van der Waals surface area contributed by atoms with Crippen LogP contribution in [0.3, 0.4) is 0 Å². The average molecular weight is 450 g/mol. The van der Waals surface area contributed by atoms with Gasteiger partial charge in [-0.1, -0.05) is 36.4 Å². The van der Waals surface area contributed by atoms with E-state index in [0.717, 1.165) is 52.6 Å². The van der Waals surface area contributed by atoms with Gasteiger partial charge >= 0.3 is 0 Å². The van der Waals surface area contributed by atoms with Crippen molar-refractivity contribution < 1.29 is 4.74 Å². The summed E-state index contributed by atoms with van der Waals surface area (Å²) >= 11 is 0. The molecule has 1 aliphatic rings. The van der Waals surface area contributed by atoms with Crippen LogP contribution < -0.4 is 9.64 Å². The van der Waals surface area contributed by atoms with Gasteiger partial charge in [-0.2, -0.15) is 5.10 Å². The molecule has 1 aliphatic heterocycles. The van der Waals surface area contributed by atoms with Gasteiger partial charge in [-0.05, 0) is 55.2 Å². The van der Waals surface area contributed by atoms with Crippen molar-refractivity contribution in [3.8, 4) is 28.4 Å². The molecule has 1 saturated heterocycles. The van der Waals surface area contributed by atoms with Gasteiger partial charge in [0.1, 0.15) is 12.4 Å².